The van der Waals surface area contributed by atoms with Crippen LogP contribution in [0, 0.1) is 0 Å². The molecule has 1 aromatic carbocycles. The lowest BCUT2D eigenvalue weighted by atomic mass is 10.0. The summed E-state index contributed by atoms with van der Waals surface area (Å²) in [5.74, 6) is 0. The third-order valence-corrected chi connectivity index (χ3v) is 4.30. The Hall–Kier alpha value is -1.06. The van der Waals surface area contributed by atoms with Crippen molar-refractivity contribution in [1.29, 1.82) is 0 Å². The summed E-state index contributed by atoms with van der Waals surface area (Å²) in [4.78, 5) is 2.54. The van der Waals surface area contributed by atoms with Gasteiger partial charge in [0.25, 0.3) is 0 Å². The van der Waals surface area contributed by atoms with Crippen LogP contribution in [-0.2, 0) is 0 Å². The standard InChI is InChI=1S/C18H30N2O/c1-2-12-19-17-10-8-14-20(13-6-3-7-15-21)18-11-5-4-9-16(17)18/h4-5,9,11,17,19,21H,2-3,6-8,10,12-15H2,1H3. The minimum atomic E-state index is 0.319. The molecule has 0 aromatic heterocycles. The van der Waals surface area contributed by atoms with Gasteiger partial charge in [0.1, 0.15) is 0 Å². The fourth-order valence-corrected chi connectivity index (χ4v) is 3.19. The third kappa shape index (κ3) is 4.72. The minimum absolute atomic E-state index is 0.319. The van der Waals surface area contributed by atoms with Crippen molar-refractivity contribution in [3.63, 3.8) is 0 Å². The van der Waals surface area contributed by atoms with E-state index in [4.69, 9.17) is 5.11 Å². The van der Waals surface area contributed by atoms with Crippen molar-refractivity contribution in [2.75, 3.05) is 31.1 Å². The highest BCUT2D eigenvalue weighted by Crippen LogP contribution is 2.32. The Morgan fingerprint density at radius 3 is 2.90 bits per heavy atom. The SMILES string of the molecule is CCCNC1CCCN(CCCCCO)c2ccccc21. The fraction of sp³-hybridized carbons (Fsp3) is 0.667. The van der Waals surface area contributed by atoms with Gasteiger partial charge in [0.15, 0.2) is 0 Å². The number of nitrogens with zero attached hydrogens (tertiary/aromatic N) is 1. The molecule has 3 heteroatoms. The van der Waals surface area contributed by atoms with E-state index in [2.05, 4.69) is 41.4 Å². The number of hydrogen-bond donors (Lipinski definition) is 2. The Kier molecular flexibility index (Phi) is 7.04. The average Bonchev–Trinajstić information content (AvgIpc) is 2.69. The third-order valence-electron chi connectivity index (χ3n) is 4.30. The Morgan fingerprint density at radius 1 is 1.24 bits per heavy atom. The quantitative estimate of drug-likeness (QED) is 0.719. The molecule has 1 atom stereocenters. The molecule has 2 N–H and O–H groups in total. The van der Waals surface area contributed by atoms with Gasteiger partial charge in [0.05, 0.1) is 0 Å². The van der Waals surface area contributed by atoms with Crippen molar-refractivity contribution in [1.82, 2.24) is 5.32 Å². The highest BCUT2D eigenvalue weighted by Gasteiger charge is 2.21. The lowest BCUT2D eigenvalue weighted by molar-refractivity contribution is 0.283. The van der Waals surface area contributed by atoms with E-state index in [1.165, 1.54) is 36.9 Å². The molecule has 3 nitrogen and oxygen atoms in total. The first-order chi connectivity index (χ1) is 10.4. The van der Waals surface area contributed by atoms with Crippen molar-refractivity contribution in [2.24, 2.45) is 0 Å². The normalized spacial score (nSPS) is 18.4. The predicted octanol–water partition coefficient (Wildman–Crippen LogP) is 3.49. The fourth-order valence-electron chi connectivity index (χ4n) is 3.19. The van der Waals surface area contributed by atoms with Gasteiger partial charge >= 0.3 is 0 Å². The molecule has 0 spiro atoms. The second-order valence-electron chi connectivity index (χ2n) is 5.98. The van der Waals surface area contributed by atoms with Crippen molar-refractivity contribution in [3.05, 3.63) is 29.8 Å². The zero-order chi connectivity index (χ0) is 14.9. The molecule has 1 unspecified atom stereocenters. The summed E-state index contributed by atoms with van der Waals surface area (Å²) in [5.41, 5.74) is 2.87. The van der Waals surface area contributed by atoms with E-state index in [1.54, 1.807) is 0 Å². The minimum Gasteiger partial charge on any atom is -0.396 e. The maximum absolute atomic E-state index is 8.90. The molecular formula is C18H30N2O. The molecule has 0 radical (unpaired) electrons. The first-order valence-corrected chi connectivity index (χ1v) is 8.55. The molecule has 118 valence electrons. The van der Waals surface area contributed by atoms with Crippen molar-refractivity contribution >= 4 is 5.69 Å². The molecule has 1 aromatic rings. The summed E-state index contributed by atoms with van der Waals surface area (Å²) in [5, 5.41) is 12.6. The number of para-hydroxylation sites is 1. The molecule has 0 aliphatic carbocycles. The number of fused-ring (bicyclic) bond motifs is 1. The van der Waals surface area contributed by atoms with E-state index >= 15 is 0 Å². The predicted molar refractivity (Wildman–Crippen MR) is 89.9 cm³/mol. The second-order valence-corrected chi connectivity index (χ2v) is 5.98. The number of benzene rings is 1. The Balaban J connectivity index is 2.05. The van der Waals surface area contributed by atoms with Crippen molar-refractivity contribution in [3.8, 4) is 0 Å². The van der Waals surface area contributed by atoms with E-state index in [9.17, 15) is 0 Å². The highest BCUT2D eigenvalue weighted by atomic mass is 16.2. The maximum atomic E-state index is 8.90. The second kappa shape index (κ2) is 9.06. The van der Waals surface area contributed by atoms with Crippen LogP contribution in [0.15, 0.2) is 24.3 Å². The van der Waals surface area contributed by atoms with Gasteiger partial charge in [-0.05, 0) is 56.7 Å². The monoisotopic (exact) mass is 290 g/mol. The van der Waals surface area contributed by atoms with Crippen LogP contribution in [0.25, 0.3) is 0 Å². The summed E-state index contributed by atoms with van der Waals surface area (Å²) in [7, 11) is 0. The van der Waals surface area contributed by atoms with E-state index < -0.39 is 0 Å². The molecule has 1 heterocycles. The topological polar surface area (TPSA) is 35.5 Å². The van der Waals surface area contributed by atoms with Gasteiger partial charge in [-0.15, -0.1) is 0 Å². The van der Waals surface area contributed by atoms with Crippen molar-refractivity contribution in [2.45, 2.75) is 51.5 Å². The molecule has 0 fully saturated rings. The molecule has 1 aliphatic rings. The highest BCUT2D eigenvalue weighted by molar-refractivity contribution is 5.55. The Morgan fingerprint density at radius 2 is 2.10 bits per heavy atom. The Labute approximate surface area is 129 Å². The number of rotatable bonds is 8. The molecular weight excluding hydrogens is 260 g/mol. The largest absolute Gasteiger partial charge is 0.396 e. The van der Waals surface area contributed by atoms with Crippen molar-refractivity contribution < 1.29 is 5.11 Å². The van der Waals surface area contributed by atoms with Gasteiger partial charge in [-0.3, -0.25) is 0 Å². The molecule has 21 heavy (non-hydrogen) atoms. The van der Waals surface area contributed by atoms with Crippen LogP contribution < -0.4 is 10.2 Å². The average molecular weight is 290 g/mol. The summed E-state index contributed by atoms with van der Waals surface area (Å²) >= 11 is 0. The van der Waals surface area contributed by atoms with Crippen LogP contribution in [0.5, 0.6) is 0 Å². The van der Waals surface area contributed by atoms with Crippen LogP contribution in [0.2, 0.25) is 0 Å². The van der Waals surface area contributed by atoms with Crippen LogP contribution in [0.3, 0.4) is 0 Å². The summed E-state index contributed by atoms with van der Waals surface area (Å²) < 4.78 is 0. The summed E-state index contributed by atoms with van der Waals surface area (Å²) in [6.45, 7) is 5.90. The molecule has 0 bridgehead atoms. The molecule has 0 saturated carbocycles. The molecule has 0 saturated heterocycles. The molecule has 0 amide bonds. The number of aliphatic hydroxyl groups excluding tert-OH is 1. The van der Waals surface area contributed by atoms with Gasteiger partial charge in [-0.25, -0.2) is 0 Å². The van der Waals surface area contributed by atoms with Gasteiger partial charge in [-0.2, -0.15) is 0 Å². The number of anilines is 1. The zero-order valence-electron chi connectivity index (χ0n) is 13.4. The first-order valence-electron chi connectivity index (χ1n) is 8.55. The summed E-state index contributed by atoms with van der Waals surface area (Å²) in [6, 6.07) is 9.38. The lowest BCUT2D eigenvalue weighted by Gasteiger charge is -2.26. The lowest BCUT2D eigenvalue weighted by Crippen LogP contribution is -2.26. The van der Waals surface area contributed by atoms with Crippen LogP contribution in [0.4, 0.5) is 5.69 Å². The van der Waals surface area contributed by atoms with E-state index in [1.807, 2.05) is 0 Å². The maximum Gasteiger partial charge on any atom is 0.0431 e. The van der Waals surface area contributed by atoms with E-state index in [-0.39, 0.29) is 0 Å². The first kappa shape index (κ1) is 16.3. The van der Waals surface area contributed by atoms with Crippen LogP contribution in [0.1, 0.15) is 57.1 Å². The van der Waals surface area contributed by atoms with Crippen LogP contribution >= 0.6 is 0 Å². The van der Waals surface area contributed by atoms with Gasteiger partial charge in [0.2, 0.25) is 0 Å². The molecule has 1 aliphatic heterocycles. The van der Waals surface area contributed by atoms with Gasteiger partial charge < -0.3 is 15.3 Å². The Bertz CT molecular complexity index is 408. The van der Waals surface area contributed by atoms with Crippen LogP contribution in [-0.4, -0.2) is 31.3 Å². The number of unbranched alkanes of at least 4 members (excludes halogenated alkanes) is 2. The van der Waals surface area contributed by atoms with E-state index in [0.717, 1.165) is 32.5 Å². The zero-order valence-corrected chi connectivity index (χ0v) is 13.4. The number of hydrogen-bond acceptors (Lipinski definition) is 3. The van der Waals surface area contributed by atoms with Gasteiger partial charge in [0, 0.05) is 31.4 Å². The smallest absolute Gasteiger partial charge is 0.0431 e. The summed E-state index contributed by atoms with van der Waals surface area (Å²) in [6.07, 6.45) is 6.87. The molecule has 2 rings (SSSR count). The van der Waals surface area contributed by atoms with Gasteiger partial charge in [-0.1, -0.05) is 25.1 Å². The number of nitrogens with one attached hydrogen (secondary N) is 1. The number of aliphatic hydroxyl groups is 1. The van der Waals surface area contributed by atoms with E-state index in [0.29, 0.717) is 12.6 Å².